The second-order valence-electron chi connectivity index (χ2n) is 9.77. The molecular formula is C33H31N3O3. The predicted molar refractivity (Wildman–Crippen MR) is 155 cm³/mol. The number of fused-ring (bicyclic) bond motifs is 1. The predicted octanol–water partition coefficient (Wildman–Crippen LogP) is 7.19. The monoisotopic (exact) mass is 517 g/mol. The third-order valence-electron chi connectivity index (χ3n) is 7.17. The van der Waals surface area contributed by atoms with E-state index in [1.165, 1.54) is 6.07 Å². The molecule has 0 aliphatic heterocycles. The molecule has 0 unspecified atom stereocenters. The number of nitrogens with zero attached hydrogens (tertiary/aromatic N) is 2. The second kappa shape index (κ2) is 11.0. The van der Waals surface area contributed by atoms with Gasteiger partial charge in [-0.1, -0.05) is 80.1 Å². The molecule has 1 aromatic heterocycles. The molecular weight excluding hydrogens is 486 g/mol. The van der Waals surface area contributed by atoms with Crippen molar-refractivity contribution in [3.05, 3.63) is 113 Å². The third-order valence-corrected chi connectivity index (χ3v) is 7.17. The lowest BCUT2D eigenvalue weighted by atomic mass is 9.90. The Balaban J connectivity index is 1.57. The smallest absolute Gasteiger partial charge is 0.336 e. The SMILES string of the molecule is CCC[C@@H](NC(=O)c1ccc(-c2c(C)cccc2-c2nc3ccccc3n2C)c(C(=O)O)c1)c1ccccc1. The Hall–Kier alpha value is -4.71. The number of carbonyl (C=O) groups excluding carboxylic acids is 1. The van der Waals surface area contributed by atoms with Crippen molar-refractivity contribution < 1.29 is 14.7 Å². The zero-order valence-electron chi connectivity index (χ0n) is 22.3. The van der Waals surface area contributed by atoms with E-state index in [0.29, 0.717) is 11.1 Å². The van der Waals surface area contributed by atoms with E-state index in [1.54, 1.807) is 12.1 Å². The molecule has 1 amide bonds. The maximum Gasteiger partial charge on any atom is 0.336 e. The van der Waals surface area contributed by atoms with Gasteiger partial charge in [-0.2, -0.15) is 0 Å². The Kier molecular flexibility index (Phi) is 7.28. The van der Waals surface area contributed by atoms with Gasteiger partial charge in [0, 0.05) is 18.2 Å². The van der Waals surface area contributed by atoms with Crippen molar-refractivity contribution in [2.24, 2.45) is 7.05 Å². The lowest BCUT2D eigenvalue weighted by Gasteiger charge is -2.20. The lowest BCUT2D eigenvalue weighted by molar-refractivity contribution is 0.0697. The molecule has 6 nitrogen and oxygen atoms in total. The van der Waals surface area contributed by atoms with Crippen molar-refractivity contribution in [1.82, 2.24) is 14.9 Å². The minimum Gasteiger partial charge on any atom is -0.478 e. The van der Waals surface area contributed by atoms with Crippen molar-refractivity contribution in [3.8, 4) is 22.5 Å². The molecule has 5 rings (SSSR count). The number of aromatic nitrogens is 2. The molecule has 0 spiro atoms. The molecule has 4 aromatic carbocycles. The first-order valence-electron chi connectivity index (χ1n) is 13.1. The van der Waals surface area contributed by atoms with E-state index >= 15 is 0 Å². The summed E-state index contributed by atoms with van der Waals surface area (Å²) in [5.41, 5.74) is 6.36. The van der Waals surface area contributed by atoms with Gasteiger partial charge in [0.2, 0.25) is 0 Å². The van der Waals surface area contributed by atoms with Gasteiger partial charge < -0.3 is 15.0 Å². The van der Waals surface area contributed by atoms with E-state index in [4.69, 9.17) is 4.98 Å². The van der Waals surface area contributed by atoms with E-state index in [2.05, 4.69) is 12.2 Å². The molecule has 0 aliphatic carbocycles. The van der Waals surface area contributed by atoms with Gasteiger partial charge in [0.05, 0.1) is 22.6 Å². The zero-order valence-corrected chi connectivity index (χ0v) is 22.3. The number of hydrogen-bond donors (Lipinski definition) is 2. The number of carboxylic acids is 1. The summed E-state index contributed by atoms with van der Waals surface area (Å²) in [5, 5.41) is 13.3. The van der Waals surface area contributed by atoms with Gasteiger partial charge in [0.1, 0.15) is 5.82 Å². The standard InChI is InChI=1S/C33H31N3O3/c1-4-11-27(22-13-6-5-7-14-22)35-32(37)23-18-19-24(26(20-23)33(38)39)30-21(2)12-10-15-25(30)31-34-28-16-8-9-17-29(28)36(31)3/h5-10,12-20,27H,4,11H2,1-3H3,(H,35,37)(H,38,39)/t27-/m1/s1. The van der Waals surface area contributed by atoms with Crippen LogP contribution in [0.15, 0.2) is 91.0 Å². The Labute approximate surface area is 228 Å². The first-order chi connectivity index (χ1) is 18.9. The summed E-state index contributed by atoms with van der Waals surface area (Å²) in [5.74, 6) is -0.642. The highest BCUT2D eigenvalue weighted by Gasteiger charge is 2.23. The average Bonchev–Trinajstić information content (AvgIpc) is 3.29. The van der Waals surface area contributed by atoms with Gasteiger partial charge in [-0.3, -0.25) is 4.79 Å². The van der Waals surface area contributed by atoms with Crippen molar-refractivity contribution in [1.29, 1.82) is 0 Å². The number of carboxylic acid groups (broad SMARTS) is 1. The van der Waals surface area contributed by atoms with Gasteiger partial charge in [0.25, 0.3) is 5.91 Å². The molecule has 0 radical (unpaired) electrons. The summed E-state index contributed by atoms with van der Waals surface area (Å²) >= 11 is 0. The van der Waals surface area contributed by atoms with Crippen LogP contribution in [-0.4, -0.2) is 26.5 Å². The van der Waals surface area contributed by atoms with E-state index < -0.39 is 5.97 Å². The Morgan fingerprint density at radius 3 is 2.38 bits per heavy atom. The van der Waals surface area contributed by atoms with E-state index in [0.717, 1.165) is 52.0 Å². The molecule has 0 saturated heterocycles. The maximum atomic E-state index is 13.3. The maximum absolute atomic E-state index is 13.3. The molecule has 6 heteroatoms. The van der Waals surface area contributed by atoms with E-state index in [-0.39, 0.29) is 17.5 Å². The zero-order chi connectivity index (χ0) is 27.5. The molecule has 5 aromatic rings. The van der Waals surface area contributed by atoms with Crippen LogP contribution in [0, 0.1) is 6.92 Å². The fraction of sp³-hybridized carbons (Fsp3) is 0.182. The molecule has 2 N–H and O–H groups in total. The van der Waals surface area contributed by atoms with Gasteiger partial charge in [0.15, 0.2) is 0 Å². The highest BCUT2D eigenvalue weighted by atomic mass is 16.4. The van der Waals surface area contributed by atoms with Gasteiger partial charge in [-0.15, -0.1) is 0 Å². The first kappa shape index (κ1) is 25.9. The summed E-state index contributed by atoms with van der Waals surface area (Å²) in [6.07, 6.45) is 1.68. The molecule has 0 bridgehead atoms. The molecule has 0 fully saturated rings. The first-order valence-corrected chi connectivity index (χ1v) is 13.1. The van der Waals surface area contributed by atoms with Crippen molar-refractivity contribution >= 4 is 22.9 Å². The fourth-order valence-corrected chi connectivity index (χ4v) is 5.22. The van der Waals surface area contributed by atoms with E-state index in [9.17, 15) is 14.7 Å². The molecule has 39 heavy (non-hydrogen) atoms. The Morgan fingerprint density at radius 2 is 1.67 bits per heavy atom. The van der Waals surface area contributed by atoms with Crippen LogP contribution >= 0.6 is 0 Å². The van der Waals surface area contributed by atoms with Crippen LogP contribution in [0.5, 0.6) is 0 Å². The molecule has 0 saturated carbocycles. The van der Waals surface area contributed by atoms with E-state index in [1.807, 2.05) is 91.3 Å². The molecule has 1 heterocycles. The number of imidazole rings is 1. The topological polar surface area (TPSA) is 84.2 Å². The summed E-state index contributed by atoms with van der Waals surface area (Å²) in [6.45, 7) is 4.03. The number of carbonyl (C=O) groups is 2. The summed E-state index contributed by atoms with van der Waals surface area (Å²) < 4.78 is 2.02. The highest BCUT2D eigenvalue weighted by molar-refractivity contribution is 6.03. The van der Waals surface area contributed by atoms with Crippen LogP contribution in [0.25, 0.3) is 33.5 Å². The van der Waals surface area contributed by atoms with Crippen LogP contribution in [0.2, 0.25) is 0 Å². The fourth-order valence-electron chi connectivity index (χ4n) is 5.22. The summed E-state index contributed by atoms with van der Waals surface area (Å²) in [4.78, 5) is 30.7. The number of para-hydroxylation sites is 2. The minimum atomic E-state index is -1.09. The van der Waals surface area contributed by atoms with Gasteiger partial charge >= 0.3 is 5.97 Å². The minimum absolute atomic E-state index is 0.0729. The van der Waals surface area contributed by atoms with Crippen LogP contribution in [-0.2, 0) is 7.05 Å². The Morgan fingerprint density at radius 1 is 0.923 bits per heavy atom. The van der Waals surface area contributed by atoms with Crippen LogP contribution in [0.4, 0.5) is 0 Å². The van der Waals surface area contributed by atoms with Crippen LogP contribution in [0.3, 0.4) is 0 Å². The van der Waals surface area contributed by atoms with Crippen molar-refractivity contribution in [2.75, 3.05) is 0 Å². The second-order valence-corrected chi connectivity index (χ2v) is 9.77. The molecule has 196 valence electrons. The largest absolute Gasteiger partial charge is 0.478 e. The van der Waals surface area contributed by atoms with Gasteiger partial charge in [-0.05, 0) is 59.9 Å². The van der Waals surface area contributed by atoms with Crippen molar-refractivity contribution in [3.63, 3.8) is 0 Å². The number of aromatic carboxylic acids is 1. The summed E-state index contributed by atoms with van der Waals surface area (Å²) in [7, 11) is 1.96. The summed E-state index contributed by atoms with van der Waals surface area (Å²) in [6, 6.07) is 28.4. The average molecular weight is 518 g/mol. The quantitative estimate of drug-likeness (QED) is 0.228. The van der Waals surface area contributed by atoms with Crippen LogP contribution < -0.4 is 5.32 Å². The number of amides is 1. The highest BCUT2D eigenvalue weighted by Crippen LogP contribution is 2.37. The van der Waals surface area contributed by atoms with Crippen molar-refractivity contribution in [2.45, 2.75) is 32.7 Å². The number of benzene rings is 4. The molecule has 0 aliphatic rings. The Bertz CT molecular complexity index is 1670. The third kappa shape index (κ3) is 5.06. The lowest BCUT2D eigenvalue weighted by Crippen LogP contribution is -2.28. The van der Waals surface area contributed by atoms with Gasteiger partial charge in [-0.25, -0.2) is 9.78 Å². The normalized spacial score (nSPS) is 11.9. The number of nitrogens with one attached hydrogen (secondary N) is 1. The van der Waals surface area contributed by atoms with Crippen LogP contribution in [0.1, 0.15) is 57.7 Å². The molecule has 1 atom stereocenters. The number of rotatable bonds is 8. The number of aryl methyl sites for hydroxylation is 2. The number of hydrogen-bond acceptors (Lipinski definition) is 3.